The Balaban J connectivity index is 1.45. The van der Waals surface area contributed by atoms with Crippen molar-refractivity contribution < 1.29 is 27.1 Å². The molecule has 3 aromatic heterocycles. The number of nitrogens with zero attached hydrogens (tertiary/aromatic N) is 3. The van der Waals surface area contributed by atoms with E-state index >= 15 is 0 Å². The molecular formula is C27H18F4N4O3. The highest BCUT2D eigenvalue weighted by Gasteiger charge is 2.31. The molecular weight excluding hydrogens is 504 g/mol. The number of aromatic amines is 1. The van der Waals surface area contributed by atoms with Crippen molar-refractivity contribution in [2.24, 2.45) is 0 Å². The number of fused-ring (bicyclic) bond motifs is 2. The standard InChI is InChI=1S/C27H18F4N4O3/c1-14-26(37)35-25-24(34-14)22(8-10-33-25)38-21-7-4-15(23-19(21)3-2-9-32-23)12-18(36)13-16-11-17(27(29,30)31)5-6-20(16)28/h2-11H,12-13H2,1H3,(H,33,35,37). The van der Waals surface area contributed by atoms with Gasteiger partial charge in [-0.05, 0) is 54.4 Å². The van der Waals surface area contributed by atoms with E-state index < -0.39 is 29.8 Å². The number of hydrogen-bond acceptors (Lipinski definition) is 6. The summed E-state index contributed by atoms with van der Waals surface area (Å²) in [4.78, 5) is 40.1. The third-order valence-corrected chi connectivity index (χ3v) is 5.91. The number of hydrogen-bond donors (Lipinski definition) is 1. The normalized spacial score (nSPS) is 11.7. The Labute approximate surface area is 212 Å². The summed E-state index contributed by atoms with van der Waals surface area (Å²) in [6.45, 7) is 1.56. The quantitative estimate of drug-likeness (QED) is 0.297. The summed E-state index contributed by atoms with van der Waals surface area (Å²) < 4.78 is 59.3. The molecule has 7 nitrogen and oxygen atoms in total. The summed E-state index contributed by atoms with van der Waals surface area (Å²) in [5, 5.41) is 0.564. The molecule has 38 heavy (non-hydrogen) atoms. The van der Waals surface area contributed by atoms with Crippen LogP contribution in [-0.2, 0) is 23.8 Å². The lowest BCUT2D eigenvalue weighted by atomic mass is 9.98. The first kappa shape index (κ1) is 25.0. The second-order valence-electron chi connectivity index (χ2n) is 8.58. The van der Waals surface area contributed by atoms with E-state index in [9.17, 15) is 27.2 Å². The molecule has 0 aliphatic heterocycles. The number of aromatic nitrogens is 4. The molecule has 0 atom stereocenters. The van der Waals surface area contributed by atoms with Crippen LogP contribution in [0.4, 0.5) is 17.6 Å². The number of ketones is 1. The fraction of sp³-hybridized carbons (Fsp3) is 0.148. The number of H-pyrrole nitrogens is 1. The second-order valence-corrected chi connectivity index (χ2v) is 8.58. The molecule has 0 radical (unpaired) electrons. The summed E-state index contributed by atoms with van der Waals surface area (Å²) in [5.74, 6) is -0.629. The van der Waals surface area contributed by atoms with Crippen molar-refractivity contribution in [3.05, 3.63) is 99.5 Å². The molecule has 5 rings (SSSR count). The summed E-state index contributed by atoms with van der Waals surface area (Å²) in [5.41, 5.74) is 0.0829. The Morgan fingerprint density at radius 1 is 0.947 bits per heavy atom. The molecule has 0 amide bonds. The molecule has 0 saturated heterocycles. The maximum atomic E-state index is 14.2. The van der Waals surface area contributed by atoms with Crippen LogP contribution in [0.1, 0.15) is 22.4 Å². The van der Waals surface area contributed by atoms with Gasteiger partial charge in [-0.25, -0.2) is 14.4 Å². The van der Waals surface area contributed by atoms with Gasteiger partial charge in [0.2, 0.25) is 0 Å². The number of benzene rings is 2. The van der Waals surface area contributed by atoms with Crippen LogP contribution in [0, 0.1) is 12.7 Å². The molecule has 0 unspecified atom stereocenters. The predicted molar refractivity (Wildman–Crippen MR) is 131 cm³/mol. The lowest BCUT2D eigenvalue weighted by Gasteiger charge is -2.13. The van der Waals surface area contributed by atoms with Gasteiger partial charge in [0.15, 0.2) is 11.4 Å². The number of Topliss-reactive ketones (excluding diaryl/α,β-unsaturated/α-hetero) is 1. The molecule has 1 N–H and O–H groups in total. The molecule has 192 valence electrons. The number of aryl methyl sites for hydroxylation is 1. The first-order valence-electron chi connectivity index (χ1n) is 11.4. The minimum absolute atomic E-state index is 0.177. The van der Waals surface area contributed by atoms with Gasteiger partial charge in [0.1, 0.15) is 28.6 Å². The van der Waals surface area contributed by atoms with Gasteiger partial charge in [-0.1, -0.05) is 6.07 Å². The molecule has 2 aromatic carbocycles. The summed E-state index contributed by atoms with van der Waals surface area (Å²) in [6.07, 6.45) is -2.33. The van der Waals surface area contributed by atoms with Crippen LogP contribution in [0.25, 0.3) is 22.1 Å². The topological polar surface area (TPSA) is 97.8 Å². The first-order chi connectivity index (χ1) is 18.1. The van der Waals surface area contributed by atoms with E-state index in [1.54, 1.807) is 37.3 Å². The van der Waals surface area contributed by atoms with Crippen LogP contribution in [0.2, 0.25) is 0 Å². The van der Waals surface area contributed by atoms with Gasteiger partial charge in [-0.15, -0.1) is 0 Å². The third-order valence-electron chi connectivity index (χ3n) is 5.91. The zero-order valence-electron chi connectivity index (χ0n) is 19.8. The van der Waals surface area contributed by atoms with Gasteiger partial charge in [0.05, 0.1) is 11.1 Å². The monoisotopic (exact) mass is 522 g/mol. The maximum absolute atomic E-state index is 14.2. The van der Waals surface area contributed by atoms with Crippen molar-refractivity contribution in [2.45, 2.75) is 25.9 Å². The highest BCUT2D eigenvalue weighted by molar-refractivity contribution is 5.93. The van der Waals surface area contributed by atoms with Crippen LogP contribution in [0.5, 0.6) is 11.5 Å². The average molecular weight is 522 g/mol. The maximum Gasteiger partial charge on any atom is 0.416 e. The molecule has 5 aromatic rings. The largest absolute Gasteiger partial charge is 0.454 e. The molecule has 0 spiro atoms. The Morgan fingerprint density at radius 3 is 2.53 bits per heavy atom. The SMILES string of the molecule is Cc1nc2c(Oc3ccc(CC(=O)Cc4cc(C(F)(F)F)ccc4F)c4ncccc34)ccnc2[nH]c1=O. The zero-order valence-corrected chi connectivity index (χ0v) is 19.8. The van der Waals surface area contributed by atoms with E-state index in [-0.39, 0.29) is 28.9 Å². The van der Waals surface area contributed by atoms with E-state index in [2.05, 4.69) is 19.9 Å². The Hall–Kier alpha value is -4.67. The summed E-state index contributed by atoms with van der Waals surface area (Å²) >= 11 is 0. The first-order valence-corrected chi connectivity index (χ1v) is 11.4. The highest BCUT2D eigenvalue weighted by Crippen LogP contribution is 2.34. The average Bonchev–Trinajstić information content (AvgIpc) is 2.87. The van der Waals surface area contributed by atoms with E-state index in [1.165, 1.54) is 12.4 Å². The van der Waals surface area contributed by atoms with Gasteiger partial charge in [-0.3, -0.25) is 14.6 Å². The van der Waals surface area contributed by atoms with E-state index in [1.807, 2.05) is 0 Å². The van der Waals surface area contributed by atoms with Gasteiger partial charge in [-0.2, -0.15) is 13.2 Å². The molecule has 0 aliphatic carbocycles. The van der Waals surface area contributed by atoms with Crippen LogP contribution < -0.4 is 10.3 Å². The fourth-order valence-corrected chi connectivity index (χ4v) is 4.06. The molecule has 11 heteroatoms. The van der Waals surface area contributed by atoms with Crippen LogP contribution in [-0.4, -0.2) is 25.7 Å². The van der Waals surface area contributed by atoms with Crippen molar-refractivity contribution in [3.8, 4) is 11.5 Å². The number of ether oxygens (including phenoxy) is 1. The fourth-order valence-electron chi connectivity index (χ4n) is 4.06. The summed E-state index contributed by atoms with van der Waals surface area (Å²) in [7, 11) is 0. The smallest absolute Gasteiger partial charge is 0.416 e. The molecule has 0 saturated carbocycles. The van der Waals surface area contributed by atoms with E-state index in [0.717, 1.165) is 0 Å². The number of nitrogens with one attached hydrogen (secondary N) is 1. The van der Waals surface area contributed by atoms with Crippen LogP contribution in [0.15, 0.2) is 65.7 Å². The zero-order chi connectivity index (χ0) is 27.0. The van der Waals surface area contributed by atoms with Crippen molar-refractivity contribution in [1.29, 1.82) is 0 Å². The van der Waals surface area contributed by atoms with Gasteiger partial charge < -0.3 is 9.72 Å². The molecule has 3 heterocycles. The predicted octanol–water partition coefficient (Wildman–Crippen LogP) is 5.48. The Bertz CT molecular complexity index is 1770. The van der Waals surface area contributed by atoms with Crippen LogP contribution >= 0.6 is 0 Å². The molecule has 0 bridgehead atoms. The second kappa shape index (κ2) is 9.66. The number of carbonyl (C=O) groups excluding carboxylic acids is 1. The van der Waals surface area contributed by atoms with Gasteiger partial charge >= 0.3 is 6.18 Å². The third kappa shape index (κ3) is 4.95. The van der Waals surface area contributed by atoms with Gasteiger partial charge in [0.25, 0.3) is 5.56 Å². The highest BCUT2D eigenvalue weighted by atomic mass is 19.4. The lowest BCUT2D eigenvalue weighted by molar-refractivity contribution is -0.137. The summed E-state index contributed by atoms with van der Waals surface area (Å²) in [6, 6.07) is 10.3. The minimum Gasteiger partial charge on any atom is -0.454 e. The van der Waals surface area contributed by atoms with E-state index in [4.69, 9.17) is 4.74 Å². The van der Waals surface area contributed by atoms with Crippen molar-refractivity contribution >= 4 is 27.9 Å². The molecule has 0 aliphatic rings. The minimum atomic E-state index is -4.65. The number of alkyl halides is 3. The number of pyridine rings is 2. The van der Waals surface area contributed by atoms with Crippen LogP contribution in [0.3, 0.4) is 0 Å². The number of rotatable bonds is 6. The Morgan fingerprint density at radius 2 is 1.74 bits per heavy atom. The van der Waals surface area contributed by atoms with Crippen molar-refractivity contribution in [3.63, 3.8) is 0 Å². The van der Waals surface area contributed by atoms with Gasteiger partial charge in [0, 0.05) is 36.7 Å². The Kier molecular flexibility index (Phi) is 6.35. The number of carbonyl (C=O) groups is 1. The lowest BCUT2D eigenvalue weighted by Crippen LogP contribution is -2.12. The van der Waals surface area contributed by atoms with Crippen molar-refractivity contribution in [1.82, 2.24) is 19.9 Å². The molecule has 0 fully saturated rings. The van der Waals surface area contributed by atoms with E-state index in [0.29, 0.717) is 51.7 Å². The number of halogens is 4. The van der Waals surface area contributed by atoms with Crippen molar-refractivity contribution in [2.75, 3.05) is 0 Å².